The summed E-state index contributed by atoms with van der Waals surface area (Å²) in [5.41, 5.74) is 2.28. The van der Waals surface area contributed by atoms with Crippen LogP contribution in [0.5, 0.6) is 0 Å². The minimum absolute atomic E-state index is 0.257. The Morgan fingerprint density at radius 1 is 1.33 bits per heavy atom. The molecule has 0 saturated heterocycles. The number of aliphatic hydroxyl groups excluding tert-OH is 1. The first-order valence-electron chi connectivity index (χ1n) is 5.54. The van der Waals surface area contributed by atoms with Gasteiger partial charge in [-0.15, -0.1) is 0 Å². The summed E-state index contributed by atoms with van der Waals surface area (Å²) in [4.78, 5) is 0. The third-order valence-electron chi connectivity index (χ3n) is 3.37. The molecule has 1 fully saturated rings. The van der Waals surface area contributed by atoms with Gasteiger partial charge in [0.25, 0.3) is 0 Å². The van der Waals surface area contributed by atoms with Gasteiger partial charge in [0.15, 0.2) is 0 Å². The summed E-state index contributed by atoms with van der Waals surface area (Å²) in [6, 6.07) is 3.44. The van der Waals surface area contributed by atoms with Gasteiger partial charge in [0.1, 0.15) is 5.82 Å². The standard InChI is InChI=1S/C13H17FO/c1-8-6-9(2)12(11(14)7-8)13(15)10-4-3-5-10/h6-7,10,13,15H,3-5H2,1-2H3. The van der Waals surface area contributed by atoms with Crippen molar-refractivity contribution in [3.8, 4) is 0 Å². The van der Waals surface area contributed by atoms with E-state index in [0.717, 1.165) is 30.4 Å². The number of rotatable bonds is 2. The molecule has 1 aliphatic carbocycles. The molecule has 1 aromatic carbocycles. The molecule has 0 spiro atoms. The maximum Gasteiger partial charge on any atom is 0.129 e. The highest BCUT2D eigenvalue weighted by Gasteiger charge is 2.29. The lowest BCUT2D eigenvalue weighted by molar-refractivity contribution is 0.0587. The Morgan fingerprint density at radius 2 is 2.00 bits per heavy atom. The van der Waals surface area contributed by atoms with Crippen molar-refractivity contribution < 1.29 is 9.50 Å². The number of halogens is 1. The summed E-state index contributed by atoms with van der Waals surface area (Å²) in [6.07, 6.45) is 2.59. The minimum Gasteiger partial charge on any atom is -0.388 e. The van der Waals surface area contributed by atoms with Gasteiger partial charge < -0.3 is 5.11 Å². The molecule has 0 amide bonds. The van der Waals surface area contributed by atoms with Crippen molar-refractivity contribution in [1.82, 2.24) is 0 Å². The highest BCUT2D eigenvalue weighted by atomic mass is 19.1. The summed E-state index contributed by atoms with van der Waals surface area (Å²) >= 11 is 0. The SMILES string of the molecule is Cc1cc(C)c(C(O)C2CCC2)c(F)c1. The molecule has 1 N–H and O–H groups in total. The van der Waals surface area contributed by atoms with Crippen LogP contribution in [0.3, 0.4) is 0 Å². The Balaban J connectivity index is 2.33. The smallest absolute Gasteiger partial charge is 0.129 e. The van der Waals surface area contributed by atoms with Crippen molar-refractivity contribution in [2.24, 2.45) is 5.92 Å². The van der Waals surface area contributed by atoms with Gasteiger partial charge in [0.05, 0.1) is 6.10 Å². The van der Waals surface area contributed by atoms with Gasteiger partial charge in [-0.3, -0.25) is 0 Å². The summed E-state index contributed by atoms with van der Waals surface area (Å²) in [5.74, 6) is 0.00723. The van der Waals surface area contributed by atoms with Gasteiger partial charge in [0, 0.05) is 5.56 Å². The van der Waals surface area contributed by atoms with Gasteiger partial charge in [-0.2, -0.15) is 0 Å². The van der Waals surface area contributed by atoms with E-state index in [1.54, 1.807) is 0 Å². The van der Waals surface area contributed by atoms with Crippen molar-refractivity contribution in [3.05, 3.63) is 34.6 Å². The third-order valence-corrected chi connectivity index (χ3v) is 3.37. The number of aryl methyl sites for hydroxylation is 2. The van der Waals surface area contributed by atoms with E-state index in [1.807, 2.05) is 19.9 Å². The molecule has 2 heteroatoms. The Bertz CT molecular complexity index is 346. The van der Waals surface area contributed by atoms with Crippen molar-refractivity contribution in [2.45, 2.75) is 39.2 Å². The van der Waals surface area contributed by atoms with Gasteiger partial charge in [0.2, 0.25) is 0 Å². The number of benzene rings is 1. The second-order valence-electron chi connectivity index (χ2n) is 4.61. The van der Waals surface area contributed by atoms with Crippen LogP contribution >= 0.6 is 0 Å². The second-order valence-corrected chi connectivity index (χ2v) is 4.61. The maximum absolute atomic E-state index is 13.7. The molecule has 1 unspecified atom stereocenters. The minimum atomic E-state index is -0.612. The fraction of sp³-hybridized carbons (Fsp3) is 0.538. The fourth-order valence-corrected chi connectivity index (χ4v) is 2.29. The van der Waals surface area contributed by atoms with E-state index >= 15 is 0 Å². The van der Waals surface area contributed by atoms with Gasteiger partial charge >= 0.3 is 0 Å². The average Bonchev–Trinajstić information content (AvgIpc) is 1.97. The van der Waals surface area contributed by atoms with E-state index in [1.165, 1.54) is 6.07 Å². The Labute approximate surface area is 89.9 Å². The predicted molar refractivity (Wildman–Crippen MR) is 58.2 cm³/mol. The molecule has 0 aromatic heterocycles. The highest BCUT2D eigenvalue weighted by molar-refractivity contribution is 5.34. The normalized spacial score (nSPS) is 18.7. The van der Waals surface area contributed by atoms with Gasteiger partial charge in [-0.1, -0.05) is 12.5 Å². The molecule has 0 radical (unpaired) electrons. The maximum atomic E-state index is 13.7. The predicted octanol–water partition coefficient (Wildman–Crippen LogP) is 3.28. The van der Waals surface area contributed by atoms with Crippen LogP contribution in [0, 0.1) is 25.6 Å². The molecule has 1 saturated carbocycles. The lowest BCUT2D eigenvalue weighted by atomic mass is 9.77. The molecule has 15 heavy (non-hydrogen) atoms. The molecule has 2 rings (SSSR count). The molecular formula is C13H17FO. The van der Waals surface area contributed by atoms with E-state index < -0.39 is 6.10 Å². The van der Waals surface area contributed by atoms with Crippen LogP contribution in [0.25, 0.3) is 0 Å². The Hall–Kier alpha value is -0.890. The van der Waals surface area contributed by atoms with E-state index in [4.69, 9.17) is 0 Å². The summed E-state index contributed by atoms with van der Waals surface area (Å²) < 4.78 is 13.7. The molecule has 0 bridgehead atoms. The Morgan fingerprint density at radius 3 is 2.47 bits per heavy atom. The quantitative estimate of drug-likeness (QED) is 0.790. The van der Waals surface area contributed by atoms with Crippen molar-refractivity contribution >= 4 is 0 Å². The lowest BCUT2D eigenvalue weighted by Crippen LogP contribution is -2.21. The zero-order valence-corrected chi connectivity index (χ0v) is 9.26. The first-order valence-corrected chi connectivity index (χ1v) is 5.54. The largest absolute Gasteiger partial charge is 0.388 e. The summed E-state index contributed by atoms with van der Waals surface area (Å²) in [7, 11) is 0. The van der Waals surface area contributed by atoms with Crippen LogP contribution in [-0.4, -0.2) is 5.11 Å². The van der Waals surface area contributed by atoms with Crippen LogP contribution in [0.15, 0.2) is 12.1 Å². The van der Waals surface area contributed by atoms with Crippen molar-refractivity contribution in [3.63, 3.8) is 0 Å². The van der Waals surface area contributed by atoms with Crippen molar-refractivity contribution in [1.29, 1.82) is 0 Å². The molecule has 1 nitrogen and oxygen atoms in total. The monoisotopic (exact) mass is 208 g/mol. The number of hydrogen-bond donors (Lipinski definition) is 1. The molecule has 82 valence electrons. The second kappa shape index (κ2) is 3.93. The molecule has 1 aromatic rings. The first kappa shape index (κ1) is 10.6. The van der Waals surface area contributed by atoms with E-state index in [0.29, 0.717) is 5.56 Å². The summed E-state index contributed by atoms with van der Waals surface area (Å²) in [5, 5.41) is 10.1. The van der Waals surface area contributed by atoms with E-state index in [-0.39, 0.29) is 11.7 Å². The molecule has 1 aliphatic rings. The first-order chi connectivity index (χ1) is 7.09. The van der Waals surface area contributed by atoms with Crippen LogP contribution < -0.4 is 0 Å². The van der Waals surface area contributed by atoms with Crippen LogP contribution in [0.1, 0.15) is 42.1 Å². The van der Waals surface area contributed by atoms with Gasteiger partial charge in [-0.05, 0) is 49.8 Å². The van der Waals surface area contributed by atoms with Crippen LogP contribution in [0.2, 0.25) is 0 Å². The van der Waals surface area contributed by atoms with Crippen LogP contribution in [0.4, 0.5) is 4.39 Å². The Kier molecular flexibility index (Phi) is 2.79. The number of aliphatic hydroxyl groups is 1. The zero-order chi connectivity index (χ0) is 11.0. The van der Waals surface area contributed by atoms with E-state index in [2.05, 4.69) is 0 Å². The molecule has 0 heterocycles. The average molecular weight is 208 g/mol. The summed E-state index contributed by atoms with van der Waals surface area (Å²) in [6.45, 7) is 3.74. The zero-order valence-electron chi connectivity index (χ0n) is 9.26. The molecule has 0 aliphatic heterocycles. The molecular weight excluding hydrogens is 191 g/mol. The fourth-order valence-electron chi connectivity index (χ4n) is 2.29. The van der Waals surface area contributed by atoms with E-state index in [9.17, 15) is 9.50 Å². The van der Waals surface area contributed by atoms with Gasteiger partial charge in [-0.25, -0.2) is 4.39 Å². The number of hydrogen-bond acceptors (Lipinski definition) is 1. The third kappa shape index (κ3) is 1.91. The highest BCUT2D eigenvalue weighted by Crippen LogP contribution is 2.39. The topological polar surface area (TPSA) is 20.2 Å². The lowest BCUT2D eigenvalue weighted by Gasteiger charge is -2.31. The van der Waals surface area contributed by atoms with Crippen LogP contribution in [-0.2, 0) is 0 Å². The molecule has 1 atom stereocenters. The van der Waals surface area contributed by atoms with Crippen molar-refractivity contribution in [2.75, 3.05) is 0 Å².